The number of aliphatic hydroxyl groups excluding tert-OH is 1. The van der Waals surface area contributed by atoms with Crippen molar-refractivity contribution in [1.29, 1.82) is 0 Å². The van der Waals surface area contributed by atoms with Crippen LogP contribution in [0.4, 0.5) is 0 Å². The number of hydrogen-bond donors (Lipinski definition) is 2. The highest BCUT2D eigenvalue weighted by molar-refractivity contribution is 6.12. The molecule has 0 aromatic rings. The van der Waals surface area contributed by atoms with Crippen LogP contribution in [0.25, 0.3) is 0 Å². The van der Waals surface area contributed by atoms with E-state index in [1.807, 2.05) is 0 Å². The SMILES string of the molecule is [B]C1OC2(COC)CNC1C2O. The zero-order valence-corrected chi connectivity index (χ0v) is 6.99. The van der Waals surface area contributed by atoms with Crippen molar-refractivity contribution in [3.8, 4) is 0 Å². The molecule has 2 fully saturated rings. The van der Waals surface area contributed by atoms with Crippen molar-refractivity contribution < 1.29 is 14.6 Å². The van der Waals surface area contributed by atoms with Crippen LogP contribution in [-0.2, 0) is 9.47 Å². The van der Waals surface area contributed by atoms with E-state index in [4.69, 9.17) is 17.3 Å². The Labute approximate surface area is 72.6 Å². The van der Waals surface area contributed by atoms with Gasteiger partial charge in [-0.25, -0.2) is 0 Å². The molecule has 0 spiro atoms. The smallest absolute Gasteiger partial charge is 0.130 e. The molecule has 0 aliphatic carbocycles. The van der Waals surface area contributed by atoms with Crippen LogP contribution in [-0.4, -0.2) is 57.0 Å². The minimum Gasteiger partial charge on any atom is -0.388 e. The Balaban J connectivity index is 2.15. The highest BCUT2D eigenvalue weighted by Crippen LogP contribution is 2.35. The average molecular weight is 169 g/mol. The zero-order chi connectivity index (χ0) is 8.77. The van der Waals surface area contributed by atoms with Crippen LogP contribution in [0.15, 0.2) is 0 Å². The zero-order valence-electron chi connectivity index (χ0n) is 6.99. The molecule has 0 aromatic heterocycles. The van der Waals surface area contributed by atoms with Gasteiger partial charge >= 0.3 is 0 Å². The van der Waals surface area contributed by atoms with E-state index in [1.165, 1.54) is 0 Å². The number of methoxy groups -OCH3 is 1. The van der Waals surface area contributed by atoms with E-state index in [2.05, 4.69) is 5.32 Å². The van der Waals surface area contributed by atoms with Crippen LogP contribution in [0.5, 0.6) is 0 Å². The molecule has 2 aliphatic rings. The lowest BCUT2D eigenvalue weighted by Gasteiger charge is -2.29. The summed E-state index contributed by atoms with van der Waals surface area (Å²) in [5.41, 5.74) is -0.612. The molecular weight excluding hydrogens is 157 g/mol. The van der Waals surface area contributed by atoms with Gasteiger partial charge in [-0.2, -0.15) is 0 Å². The summed E-state index contributed by atoms with van der Waals surface area (Å²) >= 11 is 0. The van der Waals surface area contributed by atoms with Crippen LogP contribution in [0.1, 0.15) is 0 Å². The lowest BCUT2D eigenvalue weighted by molar-refractivity contribution is -0.0991. The number of rotatable bonds is 2. The van der Waals surface area contributed by atoms with Crippen molar-refractivity contribution in [3.63, 3.8) is 0 Å². The molecular formula is C7H12BNO3. The van der Waals surface area contributed by atoms with Crippen LogP contribution >= 0.6 is 0 Å². The van der Waals surface area contributed by atoms with Crippen LogP contribution in [0.3, 0.4) is 0 Å². The number of fused-ring (bicyclic) bond motifs is 2. The van der Waals surface area contributed by atoms with E-state index in [0.717, 1.165) is 0 Å². The Kier molecular flexibility index (Phi) is 1.91. The van der Waals surface area contributed by atoms with Gasteiger partial charge in [-0.3, -0.25) is 0 Å². The molecule has 0 amide bonds. The lowest BCUT2D eigenvalue weighted by Crippen LogP contribution is -2.48. The maximum Gasteiger partial charge on any atom is 0.130 e. The van der Waals surface area contributed by atoms with Crippen molar-refractivity contribution in [1.82, 2.24) is 5.32 Å². The molecule has 2 saturated heterocycles. The molecule has 12 heavy (non-hydrogen) atoms. The molecule has 4 unspecified atom stereocenters. The third kappa shape index (κ3) is 0.940. The fraction of sp³-hybridized carbons (Fsp3) is 1.00. The molecule has 2 radical (unpaired) electrons. The van der Waals surface area contributed by atoms with E-state index in [0.29, 0.717) is 13.2 Å². The van der Waals surface area contributed by atoms with Crippen molar-refractivity contribution in [2.45, 2.75) is 23.8 Å². The monoisotopic (exact) mass is 169 g/mol. The van der Waals surface area contributed by atoms with E-state index in [9.17, 15) is 5.11 Å². The quantitative estimate of drug-likeness (QED) is 0.480. The summed E-state index contributed by atoms with van der Waals surface area (Å²) in [5.74, 6) is 0. The number of nitrogens with one attached hydrogen (secondary N) is 1. The van der Waals surface area contributed by atoms with Gasteiger partial charge in [-0.15, -0.1) is 0 Å². The first-order valence-corrected chi connectivity index (χ1v) is 4.03. The van der Waals surface area contributed by atoms with Crippen molar-refractivity contribution in [2.24, 2.45) is 0 Å². The number of hydrogen-bond acceptors (Lipinski definition) is 4. The van der Waals surface area contributed by atoms with Crippen molar-refractivity contribution in [3.05, 3.63) is 0 Å². The number of morpholine rings is 1. The molecule has 2 N–H and O–H groups in total. The predicted molar refractivity (Wildman–Crippen MR) is 43.0 cm³/mol. The Morgan fingerprint density at radius 3 is 3.00 bits per heavy atom. The Hall–Kier alpha value is -0.0951. The van der Waals surface area contributed by atoms with Gasteiger partial charge in [0.25, 0.3) is 0 Å². The molecule has 66 valence electrons. The predicted octanol–water partition coefficient (Wildman–Crippen LogP) is -1.77. The first-order valence-electron chi connectivity index (χ1n) is 4.03. The summed E-state index contributed by atoms with van der Waals surface area (Å²) in [5, 5.41) is 12.8. The largest absolute Gasteiger partial charge is 0.388 e. The van der Waals surface area contributed by atoms with Crippen LogP contribution < -0.4 is 5.32 Å². The van der Waals surface area contributed by atoms with Gasteiger partial charge in [-0.1, -0.05) is 0 Å². The second-order valence-electron chi connectivity index (χ2n) is 3.43. The van der Waals surface area contributed by atoms with Gasteiger partial charge < -0.3 is 19.9 Å². The Bertz CT molecular complexity index is 191. The second kappa shape index (κ2) is 2.70. The summed E-state index contributed by atoms with van der Waals surface area (Å²) in [6, 6.07) is -0.552. The normalized spacial score (nSPS) is 51.7. The fourth-order valence-electron chi connectivity index (χ4n) is 2.00. The molecule has 2 bridgehead atoms. The van der Waals surface area contributed by atoms with Crippen molar-refractivity contribution >= 4 is 7.85 Å². The Morgan fingerprint density at radius 2 is 2.58 bits per heavy atom. The number of ether oxygens (including phenoxy) is 2. The minimum absolute atomic E-state index is 0.139. The van der Waals surface area contributed by atoms with E-state index >= 15 is 0 Å². The third-order valence-corrected chi connectivity index (χ3v) is 2.63. The standard InChI is InChI=1S/C7H12BNO3/c1-11-3-7-2-9-4(5(7)10)6(8)12-7/h4-6,9-10H,2-3H2,1H3. The third-order valence-electron chi connectivity index (χ3n) is 2.63. The first kappa shape index (κ1) is 8.50. The van der Waals surface area contributed by atoms with Gasteiger partial charge in [0.15, 0.2) is 0 Å². The van der Waals surface area contributed by atoms with E-state index in [1.54, 1.807) is 7.11 Å². The number of aliphatic hydroxyl groups is 1. The summed E-state index contributed by atoms with van der Waals surface area (Å²) in [7, 11) is 7.21. The van der Waals surface area contributed by atoms with E-state index < -0.39 is 17.7 Å². The lowest BCUT2D eigenvalue weighted by atomic mass is 9.91. The molecule has 0 saturated carbocycles. The maximum absolute atomic E-state index is 9.73. The molecule has 4 atom stereocenters. The highest BCUT2D eigenvalue weighted by Gasteiger charge is 2.57. The van der Waals surface area contributed by atoms with Gasteiger partial charge in [0, 0.05) is 19.7 Å². The molecule has 5 heteroatoms. The highest BCUT2D eigenvalue weighted by atomic mass is 16.6. The van der Waals surface area contributed by atoms with Crippen LogP contribution in [0.2, 0.25) is 0 Å². The van der Waals surface area contributed by atoms with E-state index in [-0.39, 0.29) is 6.04 Å². The summed E-state index contributed by atoms with van der Waals surface area (Å²) < 4.78 is 10.4. The first-order chi connectivity index (χ1) is 5.69. The summed E-state index contributed by atoms with van der Waals surface area (Å²) in [6.45, 7) is 0.992. The van der Waals surface area contributed by atoms with Gasteiger partial charge in [0.2, 0.25) is 0 Å². The fourth-order valence-corrected chi connectivity index (χ4v) is 2.00. The molecule has 0 aromatic carbocycles. The molecule has 2 rings (SSSR count). The summed E-state index contributed by atoms with van der Waals surface area (Å²) in [4.78, 5) is 0. The Morgan fingerprint density at radius 1 is 1.83 bits per heavy atom. The molecule has 2 aliphatic heterocycles. The molecule has 2 heterocycles. The van der Waals surface area contributed by atoms with Crippen molar-refractivity contribution in [2.75, 3.05) is 20.3 Å². The van der Waals surface area contributed by atoms with Gasteiger partial charge in [-0.05, 0) is 0 Å². The average Bonchev–Trinajstić information content (AvgIpc) is 2.41. The molecule has 4 nitrogen and oxygen atoms in total. The van der Waals surface area contributed by atoms with Crippen LogP contribution in [0, 0.1) is 0 Å². The maximum atomic E-state index is 9.73. The van der Waals surface area contributed by atoms with Gasteiger partial charge in [0.05, 0.1) is 12.6 Å². The minimum atomic E-state index is -0.612. The topological polar surface area (TPSA) is 50.7 Å². The summed E-state index contributed by atoms with van der Waals surface area (Å²) in [6.07, 6.45) is -0.549. The van der Waals surface area contributed by atoms with Gasteiger partial charge in [0.1, 0.15) is 19.6 Å². The second-order valence-corrected chi connectivity index (χ2v) is 3.43.